The third kappa shape index (κ3) is 2.81. The number of anilines is 1. The van der Waals surface area contributed by atoms with Crippen LogP contribution in [0.15, 0.2) is 18.2 Å². The van der Waals surface area contributed by atoms with Crippen LogP contribution in [-0.2, 0) is 9.84 Å². The van der Waals surface area contributed by atoms with Gasteiger partial charge in [-0.1, -0.05) is 0 Å². The van der Waals surface area contributed by atoms with Crippen LogP contribution in [0.1, 0.15) is 18.6 Å². The number of hydrogen-bond donors (Lipinski definition) is 1. The zero-order chi connectivity index (χ0) is 13.3. The topological polar surface area (TPSA) is 57.6 Å². The van der Waals surface area contributed by atoms with Gasteiger partial charge in [0.1, 0.15) is 5.82 Å². The highest BCUT2D eigenvalue weighted by atomic mass is 32.2. The van der Waals surface area contributed by atoms with Crippen LogP contribution in [0.3, 0.4) is 0 Å². The van der Waals surface area contributed by atoms with E-state index in [0.717, 1.165) is 0 Å². The summed E-state index contributed by atoms with van der Waals surface area (Å²) in [6.07, 6.45) is -0.783. The molecule has 1 aliphatic rings. The van der Waals surface area contributed by atoms with Crippen molar-refractivity contribution in [1.29, 1.82) is 0 Å². The van der Waals surface area contributed by atoms with Crippen LogP contribution in [0.2, 0.25) is 0 Å². The number of halogens is 1. The quantitative estimate of drug-likeness (QED) is 0.877. The van der Waals surface area contributed by atoms with Gasteiger partial charge in [-0.2, -0.15) is 0 Å². The van der Waals surface area contributed by atoms with Crippen molar-refractivity contribution in [2.45, 2.75) is 13.0 Å². The van der Waals surface area contributed by atoms with E-state index in [-0.39, 0.29) is 11.5 Å². The van der Waals surface area contributed by atoms with Crippen LogP contribution >= 0.6 is 0 Å². The molecule has 0 spiro atoms. The van der Waals surface area contributed by atoms with E-state index in [1.807, 2.05) is 4.90 Å². The Labute approximate surface area is 106 Å². The maximum Gasteiger partial charge on any atom is 0.153 e. The Kier molecular flexibility index (Phi) is 3.59. The maximum absolute atomic E-state index is 13.2. The summed E-state index contributed by atoms with van der Waals surface area (Å²) in [4.78, 5) is 1.88. The molecule has 4 nitrogen and oxygen atoms in total. The van der Waals surface area contributed by atoms with Crippen molar-refractivity contribution in [1.82, 2.24) is 0 Å². The van der Waals surface area contributed by atoms with E-state index < -0.39 is 21.8 Å². The molecular formula is C12H16FNO3S. The first-order valence-electron chi connectivity index (χ1n) is 5.82. The lowest BCUT2D eigenvalue weighted by Crippen LogP contribution is -2.40. The molecule has 100 valence electrons. The van der Waals surface area contributed by atoms with Gasteiger partial charge < -0.3 is 10.0 Å². The highest BCUT2D eigenvalue weighted by Gasteiger charge is 2.24. The van der Waals surface area contributed by atoms with Crippen molar-refractivity contribution in [3.63, 3.8) is 0 Å². The van der Waals surface area contributed by atoms with Gasteiger partial charge >= 0.3 is 0 Å². The van der Waals surface area contributed by atoms with Crippen molar-refractivity contribution in [2.24, 2.45) is 0 Å². The Balaban J connectivity index is 2.29. The Morgan fingerprint density at radius 1 is 1.33 bits per heavy atom. The number of aliphatic hydroxyl groups excluding tert-OH is 1. The Morgan fingerprint density at radius 3 is 2.50 bits per heavy atom. The lowest BCUT2D eigenvalue weighted by molar-refractivity contribution is 0.199. The molecule has 0 unspecified atom stereocenters. The van der Waals surface area contributed by atoms with Gasteiger partial charge in [0.25, 0.3) is 0 Å². The molecule has 18 heavy (non-hydrogen) atoms. The molecule has 0 bridgehead atoms. The second-order valence-corrected chi connectivity index (χ2v) is 6.82. The summed E-state index contributed by atoms with van der Waals surface area (Å²) in [6.45, 7) is 2.33. The second-order valence-electron chi connectivity index (χ2n) is 4.52. The Morgan fingerprint density at radius 2 is 1.94 bits per heavy atom. The summed E-state index contributed by atoms with van der Waals surface area (Å²) in [7, 11) is -2.94. The van der Waals surface area contributed by atoms with E-state index in [9.17, 15) is 17.9 Å². The molecule has 0 saturated carbocycles. The fraction of sp³-hybridized carbons (Fsp3) is 0.500. The highest BCUT2D eigenvalue weighted by Crippen LogP contribution is 2.28. The number of rotatable bonds is 2. The van der Waals surface area contributed by atoms with Gasteiger partial charge in [-0.3, -0.25) is 0 Å². The monoisotopic (exact) mass is 273 g/mol. The SMILES string of the molecule is C[C@@H](O)c1cc(F)ccc1N1CCS(=O)(=O)CC1. The van der Waals surface area contributed by atoms with Crippen molar-refractivity contribution >= 4 is 15.5 Å². The summed E-state index contributed by atoms with van der Waals surface area (Å²) in [6, 6.07) is 4.21. The van der Waals surface area contributed by atoms with Crippen LogP contribution in [0, 0.1) is 5.82 Å². The van der Waals surface area contributed by atoms with E-state index in [0.29, 0.717) is 24.3 Å². The molecule has 1 aromatic rings. The van der Waals surface area contributed by atoms with E-state index in [1.165, 1.54) is 12.1 Å². The summed E-state index contributed by atoms with van der Waals surface area (Å²) < 4.78 is 35.9. The number of nitrogens with zero attached hydrogens (tertiary/aromatic N) is 1. The Bertz CT molecular complexity index is 528. The van der Waals surface area contributed by atoms with Gasteiger partial charge in [-0.15, -0.1) is 0 Å². The molecule has 1 aliphatic heterocycles. The smallest absolute Gasteiger partial charge is 0.153 e. The molecule has 0 aliphatic carbocycles. The minimum absolute atomic E-state index is 0.101. The fourth-order valence-electron chi connectivity index (χ4n) is 2.10. The average molecular weight is 273 g/mol. The van der Waals surface area contributed by atoms with Crippen LogP contribution in [0.25, 0.3) is 0 Å². The van der Waals surface area contributed by atoms with E-state index in [2.05, 4.69) is 0 Å². The van der Waals surface area contributed by atoms with E-state index in [4.69, 9.17) is 0 Å². The molecule has 1 saturated heterocycles. The first-order valence-corrected chi connectivity index (χ1v) is 7.64. The standard InChI is InChI=1S/C12H16FNO3S/c1-9(15)11-8-10(13)2-3-12(11)14-4-6-18(16,17)7-5-14/h2-3,8-9,15H,4-7H2,1H3/t9-/m1/s1. The first-order chi connectivity index (χ1) is 8.39. The summed E-state index contributed by atoms with van der Waals surface area (Å²) >= 11 is 0. The molecule has 6 heteroatoms. The number of aliphatic hydroxyl groups is 1. The molecule has 1 heterocycles. The molecule has 0 amide bonds. The molecule has 2 rings (SSSR count). The van der Waals surface area contributed by atoms with E-state index >= 15 is 0 Å². The number of sulfone groups is 1. The molecular weight excluding hydrogens is 257 g/mol. The summed E-state index contributed by atoms with van der Waals surface area (Å²) in [5, 5.41) is 9.65. The summed E-state index contributed by atoms with van der Waals surface area (Å²) in [5.74, 6) is -0.202. The summed E-state index contributed by atoms with van der Waals surface area (Å²) in [5.41, 5.74) is 1.20. The minimum Gasteiger partial charge on any atom is -0.389 e. The Hall–Kier alpha value is -1.14. The molecule has 1 aromatic carbocycles. The predicted molar refractivity (Wildman–Crippen MR) is 67.9 cm³/mol. The second kappa shape index (κ2) is 4.85. The van der Waals surface area contributed by atoms with Gasteiger partial charge in [-0.25, -0.2) is 12.8 Å². The lowest BCUT2D eigenvalue weighted by atomic mass is 10.1. The van der Waals surface area contributed by atoms with Crippen molar-refractivity contribution in [3.05, 3.63) is 29.6 Å². The van der Waals surface area contributed by atoms with Crippen molar-refractivity contribution in [2.75, 3.05) is 29.5 Å². The molecule has 1 N–H and O–H groups in total. The molecule has 1 atom stereocenters. The van der Waals surface area contributed by atoms with E-state index in [1.54, 1.807) is 13.0 Å². The van der Waals surface area contributed by atoms with Gasteiger partial charge in [-0.05, 0) is 25.1 Å². The minimum atomic E-state index is -2.94. The van der Waals surface area contributed by atoms with Crippen molar-refractivity contribution in [3.8, 4) is 0 Å². The van der Waals surface area contributed by atoms with Crippen molar-refractivity contribution < 1.29 is 17.9 Å². The molecule has 0 aromatic heterocycles. The van der Waals surface area contributed by atoms with Gasteiger partial charge in [0.05, 0.1) is 17.6 Å². The maximum atomic E-state index is 13.2. The third-order valence-electron chi connectivity index (χ3n) is 3.12. The normalized spacial score (nSPS) is 20.7. The van der Waals surface area contributed by atoms with Gasteiger partial charge in [0.15, 0.2) is 9.84 Å². The average Bonchev–Trinajstić information content (AvgIpc) is 2.29. The molecule has 0 radical (unpaired) electrons. The lowest BCUT2D eigenvalue weighted by Gasteiger charge is -2.31. The highest BCUT2D eigenvalue weighted by molar-refractivity contribution is 7.91. The first kappa shape index (κ1) is 13.3. The number of benzene rings is 1. The zero-order valence-corrected chi connectivity index (χ0v) is 11.0. The predicted octanol–water partition coefficient (Wildman–Crippen LogP) is 1.11. The van der Waals surface area contributed by atoms with Crippen LogP contribution < -0.4 is 4.90 Å². The number of hydrogen-bond acceptors (Lipinski definition) is 4. The van der Waals surface area contributed by atoms with Gasteiger partial charge in [0.2, 0.25) is 0 Å². The van der Waals surface area contributed by atoms with Crippen LogP contribution in [0.4, 0.5) is 10.1 Å². The van der Waals surface area contributed by atoms with Gasteiger partial charge in [0, 0.05) is 24.3 Å². The van der Waals surface area contributed by atoms with Crippen LogP contribution in [0.5, 0.6) is 0 Å². The zero-order valence-electron chi connectivity index (χ0n) is 10.1. The van der Waals surface area contributed by atoms with Crippen LogP contribution in [-0.4, -0.2) is 38.1 Å². The largest absolute Gasteiger partial charge is 0.389 e. The fourth-order valence-corrected chi connectivity index (χ4v) is 3.30. The third-order valence-corrected chi connectivity index (χ3v) is 4.73. The molecule has 1 fully saturated rings.